The summed E-state index contributed by atoms with van der Waals surface area (Å²) in [5.74, 6) is 2.52. The fourth-order valence-electron chi connectivity index (χ4n) is 3.01. The highest BCUT2D eigenvalue weighted by molar-refractivity contribution is 9.10. The Bertz CT molecular complexity index is 597. The fourth-order valence-corrected chi connectivity index (χ4v) is 3.24. The molecular formula is C17H19BrN2O. The average molecular weight is 347 g/mol. The van der Waals surface area contributed by atoms with Gasteiger partial charge in [-0.3, -0.25) is 0 Å². The Morgan fingerprint density at radius 3 is 2.57 bits per heavy atom. The number of aromatic nitrogens is 1. The SMILES string of the molecule is COc1ccc(C2CC(C)N(c3ccc(Br)cn3)C2)cc1. The van der Waals surface area contributed by atoms with E-state index < -0.39 is 0 Å². The molecular weight excluding hydrogens is 328 g/mol. The topological polar surface area (TPSA) is 25.4 Å². The standard InChI is InChI=1S/C17H19BrN2O/c1-12-9-14(13-3-6-16(21-2)7-4-13)11-20(12)17-8-5-15(18)10-19-17/h3-8,10,12,14H,9,11H2,1-2H3. The zero-order valence-electron chi connectivity index (χ0n) is 12.3. The van der Waals surface area contributed by atoms with E-state index in [2.05, 4.69) is 57.0 Å². The van der Waals surface area contributed by atoms with Crippen LogP contribution in [0.2, 0.25) is 0 Å². The zero-order chi connectivity index (χ0) is 14.8. The van der Waals surface area contributed by atoms with E-state index in [1.54, 1.807) is 7.11 Å². The van der Waals surface area contributed by atoms with Gasteiger partial charge in [-0.2, -0.15) is 0 Å². The number of ether oxygens (including phenoxy) is 1. The Morgan fingerprint density at radius 2 is 1.95 bits per heavy atom. The van der Waals surface area contributed by atoms with E-state index >= 15 is 0 Å². The normalized spacial score (nSPS) is 21.6. The van der Waals surface area contributed by atoms with Crippen molar-refractivity contribution < 1.29 is 4.74 Å². The lowest BCUT2D eigenvalue weighted by atomic mass is 9.97. The minimum absolute atomic E-state index is 0.505. The second kappa shape index (κ2) is 6.06. The minimum Gasteiger partial charge on any atom is -0.497 e. The number of hydrogen-bond acceptors (Lipinski definition) is 3. The second-order valence-electron chi connectivity index (χ2n) is 5.54. The quantitative estimate of drug-likeness (QED) is 0.831. The summed E-state index contributed by atoms with van der Waals surface area (Å²) in [6.07, 6.45) is 3.02. The number of nitrogens with zero attached hydrogens (tertiary/aromatic N) is 2. The van der Waals surface area contributed by atoms with Gasteiger partial charge in [-0.25, -0.2) is 4.98 Å². The maximum absolute atomic E-state index is 5.23. The van der Waals surface area contributed by atoms with Gasteiger partial charge in [0.25, 0.3) is 0 Å². The molecule has 0 aliphatic carbocycles. The van der Waals surface area contributed by atoms with Gasteiger partial charge in [0.1, 0.15) is 11.6 Å². The molecule has 0 radical (unpaired) electrons. The Balaban J connectivity index is 1.77. The molecule has 3 nitrogen and oxygen atoms in total. The molecule has 1 aromatic carbocycles. The maximum atomic E-state index is 5.23. The summed E-state index contributed by atoms with van der Waals surface area (Å²) in [7, 11) is 1.70. The maximum Gasteiger partial charge on any atom is 0.128 e. The lowest BCUT2D eigenvalue weighted by Gasteiger charge is -2.22. The smallest absolute Gasteiger partial charge is 0.128 e. The third kappa shape index (κ3) is 3.05. The van der Waals surface area contributed by atoms with Crippen LogP contribution in [0.1, 0.15) is 24.8 Å². The van der Waals surface area contributed by atoms with Crippen molar-refractivity contribution >= 4 is 21.7 Å². The monoisotopic (exact) mass is 346 g/mol. The van der Waals surface area contributed by atoms with E-state index in [9.17, 15) is 0 Å². The number of methoxy groups -OCH3 is 1. The molecule has 1 aliphatic heterocycles. The number of hydrogen-bond donors (Lipinski definition) is 0. The van der Waals surface area contributed by atoms with Gasteiger partial charge in [0.15, 0.2) is 0 Å². The first-order valence-corrected chi connectivity index (χ1v) is 7.99. The summed E-state index contributed by atoms with van der Waals surface area (Å²) < 4.78 is 6.25. The first-order chi connectivity index (χ1) is 10.2. The molecule has 2 atom stereocenters. The number of pyridine rings is 1. The molecule has 1 fully saturated rings. The molecule has 0 N–H and O–H groups in total. The van der Waals surface area contributed by atoms with Crippen molar-refractivity contribution in [2.75, 3.05) is 18.6 Å². The lowest BCUT2D eigenvalue weighted by Crippen LogP contribution is -2.27. The first kappa shape index (κ1) is 14.4. The van der Waals surface area contributed by atoms with E-state index in [1.165, 1.54) is 5.56 Å². The fraction of sp³-hybridized carbons (Fsp3) is 0.353. The van der Waals surface area contributed by atoms with Crippen molar-refractivity contribution in [3.63, 3.8) is 0 Å². The number of benzene rings is 1. The minimum atomic E-state index is 0.505. The number of anilines is 1. The summed E-state index contributed by atoms with van der Waals surface area (Å²) in [5, 5.41) is 0. The van der Waals surface area contributed by atoms with Crippen LogP contribution in [0.5, 0.6) is 5.75 Å². The Morgan fingerprint density at radius 1 is 1.19 bits per heavy atom. The molecule has 4 heteroatoms. The Labute approximate surface area is 134 Å². The van der Waals surface area contributed by atoms with Gasteiger partial charge in [0.2, 0.25) is 0 Å². The van der Waals surface area contributed by atoms with E-state index in [4.69, 9.17) is 4.74 Å². The molecule has 0 spiro atoms. The van der Waals surface area contributed by atoms with Crippen LogP contribution in [-0.4, -0.2) is 24.7 Å². The number of rotatable bonds is 3. The van der Waals surface area contributed by atoms with Crippen LogP contribution in [-0.2, 0) is 0 Å². The molecule has 3 rings (SSSR count). The third-order valence-electron chi connectivity index (χ3n) is 4.17. The van der Waals surface area contributed by atoms with E-state index in [-0.39, 0.29) is 0 Å². The predicted octanol–water partition coefficient (Wildman–Crippen LogP) is 4.24. The largest absolute Gasteiger partial charge is 0.497 e. The van der Waals surface area contributed by atoms with Crippen molar-refractivity contribution in [2.24, 2.45) is 0 Å². The molecule has 2 heterocycles. The average Bonchev–Trinajstić information content (AvgIpc) is 2.90. The van der Waals surface area contributed by atoms with Crippen LogP contribution in [0.3, 0.4) is 0 Å². The Hall–Kier alpha value is -1.55. The molecule has 1 aliphatic rings. The molecule has 2 aromatic rings. The van der Waals surface area contributed by atoms with Crippen LogP contribution in [0.4, 0.5) is 5.82 Å². The summed E-state index contributed by atoms with van der Waals surface area (Å²) in [6.45, 7) is 3.29. The van der Waals surface area contributed by atoms with Crippen LogP contribution in [0, 0.1) is 0 Å². The van der Waals surface area contributed by atoms with Crippen LogP contribution in [0.25, 0.3) is 0 Å². The van der Waals surface area contributed by atoms with Gasteiger partial charge in [0, 0.05) is 29.2 Å². The molecule has 0 amide bonds. The summed E-state index contributed by atoms with van der Waals surface area (Å²) in [6, 6.07) is 13.1. The van der Waals surface area contributed by atoms with Crippen LogP contribution in [0.15, 0.2) is 47.1 Å². The van der Waals surface area contributed by atoms with Gasteiger partial charge in [-0.1, -0.05) is 12.1 Å². The van der Waals surface area contributed by atoms with E-state index in [1.807, 2.05) is 18.3 Å². The molecule has 110 valence electrons. The molecule has 1 saturated heterocycles. The molecule has 2 unspecified atom stereocenters. The second-order valence-corrected chi connectivity index (χ2v) is 6.46. The van der Waals surface area contributed by atoms with Crippen LogP contribution < -0.4 is 9.64 Å². The lowest BCUT2D eigenvalue weighted by molar-refractivity contribution is 0.414. The predicted molar refractivity (Wildman–Crippen MR) is 89.1 cm³/mol. The third-order valence-corrected chi connectivity index (χ3v) is 4.64. The Kier molecular flexibility index (Phi) is 4.15. The van der Waals surface area contributed by atoms with Crippen molar-refractivity contribution in [1.29, 1.82) is 0 Å². The van der Waals surface area contributed by atoms with Crippen LogP contribution >= 0.6 is 15.9 Å². The zero-order valence-corrected chi connectivity index (χ0v) is 13.9. The van der Waals surface area contributed by atoms with Crippen molar-refractivity contribution in [3.8, 4) is 5.75 Å². The van der Waals surface area contributed by atoms with Gasteiger partial charge in [-0.05, 0) is 59.1 Å². The van der Waals surface area contributed by atoms with Crippen molar-refractivity contribution in [3.05, 3.63) is 52.6 Å². The molecule has 0 bridgehead atoms. The number of halogens is 1. The van der Waals surface area contributed by atoms with E-state index in [0.29, 0.717) is 12.0 Å². The van der Waals surface area contributed by atoms with Gasteiger partial charge in [-0.15, -0.1) is 0 Å². The van der Waals surface area contributed by atoms with Gasteiger partial charge in [0.05, 0.1) is 7.11 Å². The highest BCUT2D eigenvalue weighted by atomic mass is 79.9. The van der Waals surface area contributed by atoms with Gasteiger partial charge < -0.3 is 9.64 Å². The summed E-state index contributed by atoms with van der Waals surface area (Å²) in [4.78, 5) is 6.92. The van der Waals surface area contributed by atoms with Crippen molar-refractivity contribution in [1.82, 2.24) is 4.98 Å². The highest BCUT2D eigenvalue weighted by Crippen LogP contribution is 2.34. The molecule has 1 aromatic heterocycles. The van der Waals surface area contributed by atoms with E-state index in [0.717, 1.165) is 29.0 Å². The molecule has 21 heavy (non-hydrogen) atoms. The summed E-state index contributed by atoms with van der Waals surface area (Å²) >= 11 is 3.44. The van der Waals surface area contributed by atoms with Crippen molar-refractivity contribution in [2.45, 2.75) is 25.3 Å². The molecule has 0 saturated carbocycles. The first-order valence-electron chi connectivity index (χ1n) is 7.19. The van der Waals surface area contributed by atoms with Gasteiger partial charge >= 0.3 is 0 Å². The summed E-state index contributed by atoms with van der Waals surface area (Å²) in [5.41, 5.74) is 1.38. The highest BCUT2D eigenvalue weighted by Gasteiger charge is 2.30.